The Kier molecular flexibility index (Phi) is 5.98. The molecular weight excluding hydrogens is 577 g/mol. The van der Waals surface area contributed by atoms with Gasteiger partial charge in [0.05, 0.1) is 0 Å². The fourth-order valence-electron chi connectivity index (χ4n) is 8.11. The van der Waals surface area contributed by atoms with Gasteiger partial charge in [0, 0.05) is 0 Å². The van der Waals surface area contributed by atoms with Crippen LogP contribution in [0.15, 0.2) is 182 Å². The van der Waals surface area contributed by atoms with Crippen LogP contribution in [-0.4, -0.2) is 0 Å². The number of hydrogen-bond acceptors (Lipinski definition) is 0. The van der Waals surface area contributed by atoms with Gasteiger partial charge in [0.2, 0.25) is 0 Å². The molecule has 0 aliphatic heterocycles. The van der Waals surface area contributed by atoms with Crippen LogP contribution in [0.25, 0.3) is 98.0 Å². The molecule has 10 aromatic rings. The molecule has 0 N–H and O–H groups in total. The fourth-order valence-corrected chi connectivity index (χ4v) is 8.11. The Morgan fingerprint density at radius 1 is 0.188 bits per heavy atom. The Morgan fingerprint density at radius 2 is 0.438 bits per heavy atom. The lowest BCUT2D eigenvalue weighted by molar-refractivity contribution is 1.68. The molecule has 0 heterocycles. The molecule has 0 bridgehead atoms. The monoisotopic (exact) mass is 606 g/mol. The summed E-state index contributed by atoms with van der Waals surface area (Å²) < 4.78 is 0. The fraction of sp³-hybridized carbons (Fsp3) is 0. The van der Waals surface area contributed by atoms with Gasteiger partial charge in [0.25, 0.3) is 0 Å². The van der Waals surface area contributed by atoms with Crippen LogP contribution in [0.2, 0.25) is 0 Å². The second-order valence-electron chi connectivity index (χ2n) is 12.8. The number of fused-ring (bicyclic) bond motifs is 6. The summed E-state index contributed by atoms with van der Waals surface area (Å²) >= 11 is 0. The highest BCUT2D eigenvalue weighted by Crippen LogP contribution is 2.50. The molecule has 48 heavy (non-hydrogen) atoms. The van der Waals surface area contributed by atoms with Crippen molar-refractivity contribution >= 4 is 64.6 Å². The Labute approximate surface area is 279 Å². The summed E-state index contributed by atoms with van der Waals surface area (Å²) in [7, 11) is 0. The number of rotatable bonds is 3. The van der Waals surface area contributed by atoms with E-state index in [-0.39, 0.29) is 0 Å². The molecule has 0 spiro atoms. The standard InChI is InChI=1S/C48H30/c1-3-15-33-29-35(27-25-31(33)13-1)45-37-17-5-9-21-41(37)47(42-22-10-6-18-38(42)45)48-43-23-11-7-19-39(43)46(40-20-8-12-24-44(40)48)36-28-26-32-14-2-4-16-34(32)30-36/h1-30H. The van der Waals surface area contributed by atoms with Crippen LogP contribution in [0.3, 0.4) is 0 Å². The van der Waals surface area contributed by atoms with Crippen molar-refractivity contribution in [3.63, 3.8) is 0 Å². The second-order valence-corrected chi connectivity index (χ2v) is 12.8. The summed E-state index contributed by atoms with van der Waals surface area (Å²) in [6.45, 7) is 0. The molecule has 0 aliphatic carbocycles. The smallest absolute Gasteiger partial charge is 0.00139 e. The van der Waals surface area contributed by atoms with Crippen molar-refractivity contribution in [2.75, 3.05) is 0 Å². The second kappa shape index (κ2) is 10.7. The Balaban J connectivity index is 1.36. The van der Waals surface area contributed by atoms with Crippen LogP contribution in [-0.2, 0) is 0 Å². The molecule has 10 rings (SSSR count). The predicted octanol–water partition coefficient (Wildman–Crippen LogP) is 13.6. The normalized spacial score (nSPS) is 11.8. The van der Waals surface area contributed by atoms with Gasteiger partial charge >= 0.3 is 0 Å². The van der Waals surface area contributed by atoms with Crippen molar-refractivity contribution in [2.45, 2.75) is 0 Å². The summed E-state index contributed by atoms with van der Waals surface area (Å²) in [4.78, 5) is 0. The third-order valence-electron chi connectivity index (χ3n) is 10.2. The van der Waals surface area contributed by atoms with Crippen LogP contribution in [0, 0.1) is 0 Å². The highest BCUT2D eigenvalue weighted by atomic mass is 14.2. The van der Waals surface area contributed by atoms with Gasteiger partial charge in [-0.25, -0.2) is 0 Å². The van der Waals surface area contributed by atoms with Gasteiger partial charge < -0.3 is 0 Å². The van der Waals surface area contributed by atoms with Crippen molar-refractivity contribution in [1.29, 1.82) is 0 Å². The molecule has 0 saturated heterocycles. The van der Waals surface area contributed by atoms with Crippen molar-refractivity contribution in [3.05, 3.63) is 182 Å². The SMILES string of the molecule is c1ccc2cc(-c3c4ccccc4c(-c4c5ccccc5c(-c5ccc6ccccc6c5)c5ccccc45)c4ccccc34)ccc2c1. The average molecular weight is 607 g/mol. The summed E-state index contributed by atoms with van der Waals surface area (Å²) in [6, 6.07) is 67.1. The quantitative estimate of drug-likeness (QED) is 0.176. The minimum atomic E-state index is 1.24. The van der Waals surface area contributed by atoms with Crippen molar-refractivity contribution in [2.24, 2.45) is 0 Å². The molecule has 222 valence electrons. The van der Waals surface area contributed by atoms with Gasteiger partial charge in [-0.2, -0.15) is 0 Å². The van der Waals surface area contributed by atoms with E-state index in [1.807, 2.05) is 0 Å². The minimum Gasteiger partial charge on any atom is -0.0616 e. The zero-order valence-corrected chi connectivity index (χ0v) is 26.3. The van der Waals surface area contributed by atoms with Crippen LogP contribution in [0.5, 0.6) is 0 Å². The molecule has 0 aromatic heterocycles. The van der Waals surface area contributed by atoms with E-state index in [0.29, 0.717) is 0 Å². The van der Waals surface area contributed by atoms with Gasteiger partial charge in [-0.3, -0.25) is 0 Å². The lowest BCUT2D eigenvalue weighted by Crippen LogP contribution is -1.94. The molecule has 0 fully saturated rings. The molecule has 0 radical (unpaired) electrons. The maximum absolute atomic E-state index is 2.35. The topological polar surface area (TPSA) is 0 Å². The van der Waals surface area contributed by atoms with E-state index in [2.05, 4.69) is 182 Å². The van der Waals surface area contributed by atoms with Crippen LogP contribution in [0.4, 0.5) is 0 Å². The molecule has 0 amide bonds. The van der Waals surface area contributed by atoms with E-state index < -0.39 is 0 Å². The van der Waals surface area contributed by atoms with Gasteiger partial charge in [-0.05, 0) is 110 Å². The van der Waals surface area contributed by atoms with Gasteiger partial charge in [-0.15, -0.1) is 0 Å². The highest BCUT2D eigenvalue weighted by Gasteiger charge is 2.22. The molecule has 10 aromatic carbocycles. The number of benzene rings is 10. The largest absolute Gasteiger partial charge is 0.0616 e. The maximum Gasteiger partial charge on any atom is -0.00139 e. The Hall–Kier alpha value is -6.24. The molecule has 0 saturated carbocycles. The predicted molar refractivity (Wildman–Crippen MR) is 208 cm³/mol. The Morgan fingerprint density at radius 3 is 0.750 bits per heavy atom. The average Bonchev–Trinajstić information content (AvgIpc) is 3.16. The molecule has 0 unspecified atom stereocenters. The number of hydrogen-bond donors (Lipinski definition) is 0. The van der Waals surface area contributed by atoms with Gasteiger partial charge in [0.15, 0.2) is 0 Å². The van der Waals surface area contributed by atoms with Crippen molar-refractivity contribution in [1.82, 2.24) is 0 Å². The summed E-state index contributed by atoms with van der Waals surface area (Å²) in [5, 5.41) is 15.2. The zero-order valence-electron chi connectivity index (χ0n) is 26.3. The Bertz CT molecular complexity index is 2580. The lowest BCUT2D eigenvalue weighted by Gasteiger charge is -2.22. The zero-order chi connectivity index (χ0) is 31.6. The third kappa shape index (κ3) is 4.03. The van der Waals surface area contributed by atoms with Gasteiger partial charge in [0.1, 0.15) is 0 Å². The van der Waals surface area contributed by atoms with Crippen LogP contribution in [0.1, 0.15) is 0 Å². The molecular formula is C48H30. The summed E-state index contributed by atoms with van der Waals surface area (Å²) in [5.74, 6) is 0. The van der Waals surface area contributed by atoms with Crippen LogP contribution < -0.4 is 0 Å². The van der Waals surface area contributed by atoms with E-state index in [4.69, 9.17) is 0 Å². The molecule has 0 heteroatoms. The van der Waals surface area contributed by atoms with E-state index in [1.54, 1.807) is 0 Å². The molecule has 0 atom stereocenters. The minimum absolute atomic E-state index is 1.24. The van der Waals surface area contributed by atoms with Crippen molar-refractivity contribution < 1.29 is 0 Å². The van der Waals surface area contributed by atoms with E-state index in [0.717, 1.165) is 0 Å². The van der Waals surface area contributed by atoms with E-state index >= 15 is 0 Å². The first kappa shape index (κ1) is 26.9. The maximum atomic E-state index is 2.35. The van der Waals surface area contributed by atoms with Gasteiger partial charge in [-0.1, -0.05) is 170 Å². The summed E-state index contributed by atoms with van der Waals surface area (Å²) in [6.07, 6.45) is 0. The lowest BCUT2D eigenvalue weighted by atomic mass is 9.81. The van der Waals surface area contributed by atoms with Crippen LogP contribution >= 0.6 is 0 Å². The van der Waals surface area contributed by atoms with E-state index in [9.17, 15) is 0 Å². The summed E-state index contributed by atoms with van der Waals surface area (Å²) in [5.41, 5.74) is 7.66. The molecule has 0 aliphatic rings. The third-order valence-corrected chi connectivity index (χ3v) is 10.2. The van der Waals surface area contributed by atoms with E-state index in [1.165, 1.54) is 98.0 Å². The first-order valence-electron chi connectivity index (χ1n) is 16.7. The first-order chi connectivity index (χ1) is 23.8. The first-order valence-corrected chi connectivity index (χ1v) is 16.7. The molecule has 0 nitrogen and oxygen atoms in total. The highest BCUT2D eigenvalue weighted by molar-refractivity contribution is 6.30. The van der Waals surface area contributed by atoms with Crippen molar-refractivity contribution in [3.8, 4) is 33.4 Å².